The summed E-state index contributed by atoms with van der Waals surface area (Å²) in [5.74, 6) is -0.382. The average molecular weight is 254 g/mol. The van der Waals surface area contributed by atoms with Crippen molar-refractivity contribution in [2.75, 3.05) is 5.32 Å². The number of hydrogen-bond acceptors (Lipinski definition) is 1. The van der Waals surface area contributed by atoms with E-state index in [1.165, 1.54) is 18.2 Å². The van der Waals surface area contributed by atoms with E-state index in [0.717, 1.165) is 5.56 Å². The van der Waals surface area contributed by atoms with Crippen molar-refractivity contribution in [3.8, 4) is 0 Å². The van der Waals surface area contributed by atoms with E-state index in [9.17, 15) is 8.78 Å². The number of benzene rings is 2. The van der Waals surface area contributed by atoms with Crippen LogP contribution in [0.4, 0.5) is 20.2 Å². The summed E-state index contributed by atoms with van der Waals surface area (Å²) in [5, 5.41) is 2.87. The van der Waals surface area contributed by atoms with Crippen LogP contribution in [-0.4, -0.2) is 0 Å². The molecule has 4 heteroatoms. The molecule has 0 bridgehead atoms. The van der Waals surface area contributed by atoms with E-state index in [0.29, 0.717) is 17.3 Å². The molecule has 17 heavy (non-hydrogen) atoms. The molecule has 0 saturated carbocycles. The first kappa shape index (κ1) is 11.9. The van der Waals surface area contributed by atoms with Crippen LogP contribution in [-0.2, 0) is 5.88 Å². The molecule has 0 saturated heterocycles. The van der Waals surface area contributed by atoms with Crippen molar-refractivity contribution in [2.45, 2.75) is 5.88 Å². The molecule has 0 atom stereocenters. The number of alkyl halides is 1. The second-order valence-electron chi connectivity index (χ2n) is 3.58. The predicted molar refractivity (Wildman–Crippen MR) is 65.6 cm³/mol. The monoisotopic (exact) mass is 253 g/mol. The van der Waals surface area contributed by atoms with Gasteiger partial charge in [0.15, 0.2) is 0 Å². The fraction of sp³-hybridized carbons (Fsp3) is 0.0769. The fourth-order valence-corrected chi connectivity index (χ4v) is 1.61. The lowest BCUT2D eigenvalue weighted by Crippen LogP contribution is -1.95. The van der Waals surface area contributed by atoms with Crippen LogP contribution >= 0.6 is 11.6 Å². The van der Waals surface area contributed by atoms with Gasteiger partial charge >= 0.3 is 0 Å². The van der Waals surface area contributed by atoms with Crippen LogP contribution in [0.25, 0.3) is 0 Å². The van der Waals surface area contributed by atoms with Gasteiger partial charge in [-0.05, 0) is 42.0 Å². The van der Waals surface area contributed by atoms with Gasteiger partial charge < -0.3 is 5.32 Å². The van der Waals surface area contributed by atoms with Crippen molar-refractivity contribution in [2.24, 2.45) is 0 Å². The summed E-state index contributed by atoms with van der Waals surface area (Å²) < 4.78 is 26.2. The summed E-state index contributed by atoms with van der Waals surface area (Å²) in [7, 11) is 0. The number of rotatable bonds is 3. The standard InChI is InChI=1S/C13H10ClF2N/c14-8-9-1-6-12(16)13(7-9)17-11-4-2-10(15)3-5-11/h1-7,17H,8H2. The van der Waals surface area contributed by atoms with Gasteiger partial charge in [0.05, 0.1) is 5.69 Å². The molecule has 1 nitrogen and oxygen atoms in total. The van der Waals surface area contributed by atoms with Crippen LogP contribution in [0.5, 0.6) is 0 Å². The predicted octanol–water partition coefficient (Wildman–Crippen LogP) is 4.45. The molecule has 0 fully saturated rings. The normalized spacial score (nSPS) is 10.3. The summed E-state index contributed by atoms with van der Waals surface area (Å²) in [6.07, 6.45) is 0. The molecule has 0 aromatic heterocycles. The Morgan fingerprint density at radius 1 is 1.00 bits per heavy atom. The van der Waals surface area contributed by atoms with E-state index in [1.54, 1.807) is 24.3 Å². The van der Waals surface area contributed by atoms with Gasteiger partial charge in [-0.2, -0.15) is 0 Å². The van der Waals surface area contributed by atoms with Crippen LogP contribution in [0.1, 0.15) is 5.56 Å². The third kappa shape index (κ3) is 2.94. The number of anilines is 2. The molecule has 2 aromatic carbocycles. The lowest BCUT2D eigenvalue weighted by atomic mass is 10.2. The number of nitrogens with one attached hydrogen (secondary N) is 1. The summed E-state index contributed by atoms with van der Waals surface area (Å²) >= 11 is 5.68. The first-order valence-electron chi connectivity index (χ1n) is 5.06. The fourth-order valence-electron chi connectivity index (χ4n) is 1.44. The Labute approximate surface area is 103 Å². The molecule has 0 amide bonds. The van der Waals surface area contributed by atoms with Gasteiger partial charge in [0.1, 0.15) is 11.6 Å². The van der Waals surface area contributed by atoms with Gasteiger partial charge in [-0.1, -0.05) is 6.07 Å². The Hall–Kier alpha value is -1.61. The molecule has 88 valence electrons. The van der Waals surface area contributed by atoms with Crippen LogP contribution in [0.15, 0.2) is 42.5 Å². The minimum atomic E-state index is -0.372. The summed E-state index contributed by atoms with van der Waals surface area (Å²) in [5.41, 5.74) is 1.77. The van der Waals surface area contributed by atoms with E-state index in [4.69, 9.17) is 11.6 Å². The maximum absolute atomic E-state index is 13.5. The zero-order valence-electron chi connectivity index (χ0n) is 8.88. The molecule has 0 aliphatic rings. The molecule has 0 radical (unpaired) electrons. The van der Waals surface area contributed by atoms with Gasteiger partial charge in [-0.25, -0.2) is 8.78 Å². The Morgan fingerprint density at radius 3 is 2.35 bits per heavy atom. The van der Waals surface area contributed by atoms with E-state index in [2.05, 4.69) is 5.32 Å². The van der Waals surface area contributed by atoms with E-state index >= 15 is 0 Å². The first-order valence-corrected chi connectivity index (χ1v) is 5.59. The lowest BCUT2D eigenvalue weighted by Gasteiger charge is -2.08. The van der Waals surface area contributed by atoms with Crippen LogP contribution < -0.4 is 5.32 Å². The average Bonchev–Trinajstić information content (AvgIpc) is 2.35. The maximum Gasteiger partial charge on any atom is 0.146 e. The van der Waals surface area contributed by atoms with Gasteiger partial charge in [0.2, 0.25) is 0 Å². The van der Waals surface area contributed by atoms with Gasteiger partial charge in [-0.3, -0.25) is 0 Å². The Morgan fingerprint density at radius 2 is 1.71 bits per heavy atom. The smallest absolute Gasteiger partial charge is 0.146 e. The van der Waals surface area contributed by atoms with Crippen molar-refractivity contribution in [1.82, 2.24) is 0 Å². The molecule has 1 N–H and O–H groups in total. The van der Waals surface area contributed by atoms with Gasteiger partial charge in [-0.15, -0.1) is 11.6 Å². The molecule has 0 aliphatic carbocycles. The molecule has 0 heterocycles. The SMILES string of the molecule is Fc1ccc(Nc2cc(CCl)ccc2F)cc1. The second kappa shape index (κ2) is 5.15. The third-order valence-corrected chi connectivity index (χ3v) is 2.62. The largest absolute Gasteiger partial charge is 0.353 e. The van der Waals surface area contributed by atoms with Crippen molar-refractivity contribution >= 4 is 23.0 Å². The van der Waals surface area contributed by atoms with Gasteiger partial charge in [0.25, 0.3) is 0 Å². The van der Waals surface area contributed by atoms with Crippen molar-refractivity contribution in [1.29, 1.82) is 0 Å². The topological polar surface area (TPSA) is 12.0 Å². The minimum Gasteiger partial charge on any atom is -0.353 e. The Kier molecular flexibility index (Phi) is 3.59. The van der Waals surface area contributed by atoms with Crippen molar-refractivity contribution in [3.05, 3.63) is 59.7 Å². The molecule has 2 aromatic rings. The van der Waals surface area contributed by atoms with E-state index < -0.39 is 0 Å². The highest BCUT2D eigenvalue weighted by Crippen LogP contribution is 2.22. The van der Waals surface area contributed by atoms with Crippen LogP contribution in [0.2, 0.25) is 0 Å². The first-order chi connectivity index (χ1) is 8.19. The van der Waals surface area contributed by atoms with E-state index in [1.807, 2.05) is 0 Å². The number of hydrogen-bond donors (Lipinski definition) is 1. The summed E-state index contributed by atoms with van der Waals surface area (Å²) in [6, 6.07) is 10.3. The van der Waals surface area contributed by atoms with E-state index in [-0.39, 0.29) is 11.6 Å². The summed E-state index contributed by atoms with van der Waals surface area (Å²) in [6.45, 7) is 0. The maximum atomic E-state index is 13.5. The molecular weight excluding hydrogens is 244 g/mol. The zero-order chi connectivity index (χ0) is 12.3. The molecule has 0 aliphatic heterocycles. The zero-order valence-corrected chi connectivity index (χ0v) is 9.64. The molecular formula is C13H10ClF2N. The van der Waals surface area contributed by atoms with Crippen molar-refractivity contribution in [3.63, 3.8) is 0 Å². The molecule has 0 unspecified atom stereocenters. The molecule has 2 rings (SSSR count). The number of halogens is 3. The van der Waals surface area contributed by atoms with Crippen molar-refractivity contribution < 1.29 is 8.78 Å². The van der Waals surface area contributed by atoms with Crippen LogP contribution in [0.3, 0.4) is 0 Å². The third-order valence-electron chi connectivity index (χ3n) is 2.31. The van der Waals surface area contributed by atoms with Crippen LogP contribution in [0, 0.1) is 11.6 Å². The highest BCUT2D eigenvalue weighted by molar-refractivity contribution is 6.17. The Balaban J connectivity index is 2.25. The lowest BCUT2D eigenvalue weighted by molar-refractivity contribution is 0.628. The summed E-state index contributed by atoms with van der Waals surface area (Å²) in [4.78, 5) is 0. The second-order valence-corrected chi connectivity index (χ2v) is 3.85. The Bertz CT molecular complexity index is 511. The van der Waals surface area contributed by atoms with Gasteiger partial charge in [0, 0.05) is 11.6 Å². The quantitative estimate of drug-likeness (QED) is 0.797. The molecule has 0 spiro atoms. The minimum absolute atomic E-state index is 0.318. The highest BCUT2D eigenvalue weighted by atomic mass is 35.5. The highest BCUT2D eigenvalue weighted by Gasteiger charge is 2.03.